The zero-order valence-corrected chi connectivity index (χ0v) is 12.4. The fourth-order valence-electron chi connectivity index (χ4n) is 2.92. The van der Waals surface area contributed by atoms with Gasteiger partial charge >= 0.3 is 0 Å². The molecule has 5 nitrogen and oxygen atoms in total. The van der Waals surface area contributed by atoms with E-state index >= 15 is 0 Å². The van der Waals surface area contributed by atoms with Crippen LogP contribution in [-0.4, -0.2) is 28.0 Å². The third-order valence-corrected chi connectivity index (χ3v) is 3.94. The molecule has 0 saturated carbocycles. The van der Waals surface area contributed by atoms with Crippen molar-refractivity contribution in [2.24, 2.45) is 0 Å². The quantitative estimate of drug-likeness (QED) is 0.851. The normalized spacial score (nSPS) is 18.3. The Kier molecular flexibility index (Phi) is 4.20. The molecule has 5 heteroatoms. The standard InChI is InChI=1S/C16H22N4O/c1-2-9-20-14-6-4-3-5-13(14)19-15(20)11-17-10-12-7-8-16(21)18-12/h3-6,12,17H,2,7-11H2,1H3,(H,18,21). The van der Waals surface area contributed by atoms with Gasteiger partial charge in [0, 0.05) is 25.6 Å². The van der Waals surface area contributed by atoms with Crippen molar-refractivity contribution >= 4 is 16.9 Å². The first-order chi connectivity index (χ1) is 10.3. The van der Waals surface area contributed by atoms with Crippen LogP contribution in [0.3, 0.4) is 0 Å². The Labute approximate surface area is 124 Å². The Balaban J connectivity index is 1.68. The number of aromatic nitrogens is 2. The van der Waals surface area contributed by atoms with E-state index < -0.39 is 0 Å². The first-order valence-electron chi connectivity index (χ1n) is 7.72. The molecule has 1 aromatic carbocycles. The lowest BCUT2D eigenvalue weighted by Crippen LogP contribution is -2.35. The number of nitrogens with zero attached hydrogens (tertiary/aromatic N) is 2. The predicted octanol–water partition coefficient (Wildman–Crippen LogP) is 1.81. The number of carbonyl (C=O) groups excluding carboxylic acids is 1. The summed E-state index contributed by atoms with van der Waals surface area (Å²) in [6, 6.07) is 8.53. The highest BCUT2D eigenvalue weighted by molar-refractivity contribution is 5.78. The number of aryl methyl sites for hydroxylation is 1. The van der Waals surface area contributed by atoms with Gasteiger partial charge in [-0.15, -0.1) is 0 Å². The molecule has 3 rings (SSSR count). The van der Waals surface area contributed by atoms with Crippen molar-refractivity contribution < 1.29 is 4.79 Å². The number of benzene rings is 1. The molecular weight excluding hydrogens is 264 g/mol. The van der Waals surface area contributed by atoms with Gasteiger partial charge in [-0.25, -0.2) is 4.98 Å². The monoisotopic (exact) mass is 286 g/mol. The number of hydrogen-bond acceptors (Lipinski definition) is 3. The van der Waals surface area contributed by atoms with Crippen LogP contribution in [0.4, 0.5) is 0 Å². The summed E-state index contributed by atoms with van der Waals surface area (Å²) in [4.78, 5) is 15.9. The fourth-order valence-corrected chi connectivity index (χ4v) is 2.92. The largest absolute Gasteiger partial charge is 0.352 e. The van der Waals surface area contributed by atoms with Crippen LogP contribution in [0.5, 0.6) is 0 Å². The smallest absolute Gasteiger partial charge is 0.220 e. The summed E-state index contributed by atoms with van der Waals surface area (Å²) in [5.41, 5.74) is 2.25. The molecule has 2 heterocycles. The Morgan fingerprint density at radius 2 is 2.29 bits per heavy atom. The average molecular weight is 286 g/mol. The fraction of sp³-hybridized carbons (Fsp3) is 0.500. The molecule has 1 aliphatic rings. The number of fused-ring (bicyclic) bond motifs is 1. The van der Waals surface area contributed by atoms with E-state index in [1.54, 1.807) is 0 Å². The molecule has 1 unspecified atom stereocenters. The van der Waals surface area contributed by atoms with E-state index in [2.05, 4.69) is 40.3 Å². The molecule has 1 fully saturated rings. The highest BCUT2D eigenvalue weighted by Crippen LogP contribution is 2.16. The maximum absolute atomic E-state index is 11.2. The summed E-state index contributed by atoms with van der Waals surface area (Å²) in [7, 11) is 0. The van der Waals surface area contributed by atoms with Crippen LogP contribution in [0.1, 0.15) is 32.0 Å². The van der Waals surface area contributed by atoms with Gasteiger partial charge in [0.25, 0.3) is 0 Å². The van der Waals surface area contributed by atoms with E-state index in [-0.39, 0.29) is 11.9 Å². The van der Waals surface area contributed by atoms with Crippen molar-refractivity contribution in [2.45, 2.75) is 45.3 Å². The third-order valence-electron chi connectivity index (χ3n) is 3.94. The van der Waals surface area contributed by atoms with Crippen LogP contribution < -0.4 is 10.6 Å². The van der Waals surface area contributed by atoms with Crippen LogP contribution in [0, 0.1) is 0 Å². The Morgan fingerprint density at radius 3 is 3.05 bits per heavy atom. The zero-order chi connectivity index (χ0) is 14.7. The van der Waals surface area contributed by atoms with Crippen LogP contribution in [0.2, 0.25) is 0 Å². The van der Waals surface area contributed by atoms with Gasteiger partial charge in [0.2, 0.25) is 5.91 Å². The first kappa shape index (κ1) is 14.1. The molecule has 1 amide bonds. The topological polar surface area (TPSA) is 59.0 Å². The molecule has 2 aromatic rings. The summed E-state index contributed by atoms with van der Waals surface area (Å²) >= 11 is 0. The second-order valence-corrected chi connectivity index (χ2v) is 5.60. The van der Waals surface area contributed by atoms with E-state index in [1.807, 2.05) is 6.07 Å². The van der Waals surface area contributed by atoms with Gasteiger partial charge in [0.05, 0.1) is 17.6 Å². The van der Waals surface area contributed by atoms with Crippen molar-refractivity contribution in [3.8, 4) is 0 Å². The molecule has 0 radical (unpaired) electrons. The first-order valence-corrected chi connectivity index (χ1v) is 7.72. The minimum atomic E-state index is 0.167. The van der Waals surface area contributed by atoms with Gasteiger partial charge in [0.1, 0.15) is 5.82 Å². The van der Waals surface area contributed by atoms with Gasteiger partial charge in [-0.05, 0) is 25.0 Å². The molecule has 1 saturated heterocycles. The van der Waals surface area contributed by atoms with Crippen molar-refractivity contribution in [2.75, 3.05) is 6.54 Å². The van der Waals surface area contributed by atoms with Crippen molar-refractivity contribution in [1.82, 2.24) is 20.2 Å². The number of rotatable bonds is 6. The van der Waals surface area contributed by atoms with Crippen LogP contribution in [0.25, 0.3) is 11.0 Å². The Bertz CT molecular complexity index is 634. The van der Waals surface area contributed by atoms with E-state index in [1.165, 1.54) is 5.52 Å². The lowest BCUT2D eigenvalue weighted by Gasteiger charge is -2.12. The number of nitrogens with one attached hydrogen (secondary N) is 2. The zero-order valence-electron chi connectivity index (χ0n) is 12.4. The van der Waals surface area contributed by atoms with Gasteiger partial charge in [-0.2, -0.15) is 0 Å². The molecule has 1 aliphatic heterocycles. The highest BCUT2D eigenvalue weighted by Gasteiger charge is 2.20. The highest BCUT2D eigenvalue weighted by atomic mass is 16.1. The van der Waals surface area contributed by atoms with Crippen molar-refractivity contribution in [1.29, 1.82) is 0 Å². The summed E-state index contributed by atoms with van der Waals surface area (Å²) in [6.45, 7) is 4.71. The second-order valence-electron chi connectivity index (χ2n) is 5.60. The summed E-state index contributed by atoms with van der Waals surface area (Å²) < 4.78 is 2.29. The van der Waals surface area contributed by atoms with Crippen molar-refractivity contribution in [3.63, 3.8) is 0 Å². The minimum absolute atomic E-state index is 0.167. The van der Waals surface area contributed by atoms with Crippen LogP contribution in [-0.2, 0) is 17.9 Å². The minimum Gasteiger partial charge on any atom is -0.352 e. The predicted molar refractivity (Wildman–Crippen MR) is 82.9 cm³/mol. The van der Waals surface area contributed by atoms with Gasteiger partial charge in [0.15, 0.2) is 0 Å². The van der Waals surface area contributed by atoms with E-state index in [4.69, 9.17) is 4.98 Å². The Hall–Kier alpha value is -1.88. The average Bonchev–Trinajstić information content (AvgIpc) is 3.04. The maximum atomic E-state index is 11.2. The molecule has 1 aromatic heterocycles. The molecule has 0 bridgehead atoms. The van der Waals surface area contributed by atoms with Crippen LogP contribution in [0.15, 0.2) is 24.3 Å². The number of carbonyl (C=O) groups is 1. The van der Waals surface area contributed by atoms with Gasteiger partial charge in [-0.3, -0.25) is 4.79 Å². The lowest BCUT2D eigenvalue weighted by molar-refractivity contribution is -0.119. The Morgan fingerprint density at radius 1 is 1.43 bits per heavy atom. The molecule has 112 valence electrons. The summed E-state index contributed by atoms with van der Waals surface area (Å²) in [6.07, 6.45) is 2.67. The molecule has 0 aliphatic carbocycles. The summed E-state index contributed by atoms with van der Waals surface area (Å²) in [5, 5.41) is 6.40. The number of hydrogen-bond donors (Lipinski definition) is 2. The van der Waals surface area contributed by atoms with E-state index in [0.29, 0.717) is 6.42 Å². The number of para-hydroxylation sites is 2. The van der Waals surface area contributed by atoms with Gasteiger partial charge in [-0.1, -0.05) is 19.1 Å². The van der Waals surface area contributed by atoms with E-state index in [9.17, 15) is 4.79 Å². The molecule has 1 atom stereocenters. The van der Waals surface area contributed by atoms with Crippen molar-refractivity contribution in [3.05, 3.63) is 30.1 Å². The second kappa shape index (κ2) is 6.26. The third kappa shape index (κ3) is 3.08. The van der Waals surface area contributed by atoms with E-state index in [0.717, 1.165) is 43.8 Å². The molecule has 21 heavy (non-hydrogen) atoms. The number of imidazole rings is 1. The SMILES string of the molecule is CCCn1c(CNCC2CCC(=O)N2)nc2ccccc21. The van der Waals surface area contributed by atoms with Gasteiger partial charge < -0.3 is 15.2 Å². The molecule has 0 spiro atoms. The maximum Gasteiger partial charge on any atom is 0.220 e. The van der Waals surface area contributed by atoms with Crippen LogP contribution >= 0.6 is 0 Å². The number of amides is 1. The molecule has 2 N–H and O–H groups in total. The summed E-state index contributed by atoms with van der Waals surface area (Å²) in [5.74, 6) is 1.24. The lowest BCUT2D eigenvalue weighted by atomic mass is 10.2. The molecular formula is C16H22N4O.